The van der Waals surface area contributed by atoms with Crippen LogP contribution in [-0.2, 0) is 4.79 Å². The van der Waals surface area contributed by atoms with Crippen molar-refractivity contribution in [3.8, 4) is 0 Å². The fourth-order valence-electron chi connectivity index (χ4n) is 0.577. The van der Waals surface area contributed by atoms with Crippen LogP contribution in [0.4, 0.5) is 4.79 Å². The molecule has 3 amide bonds. The maximum Gasteiger partial charge on any atom is 0.338 e. The summed E-state index contributed by atoms with van der Waals surface area (Å²) in [5.74, 6) is 4.85. The Balaban J connectivity index is 2.54. The van der Waals surface area contributed by atoms with E-state index in [4.69, 9.17) is 5.84 Å². The number of imide groups is 1. The van der Waals surface area contributed by atoms with Gasteiger partial charge >= 0.3 is 6.03 Å². The topological polar surface area (TPSA) is 75.4 Å². The number of hydrazine groups is 1. The minimum Gasteiger partial charge on any atom is -0.277 e. The van der Waals surface area contributed by atoms with E-state index in [-0.39, 0.29) is 5.91 Å². The minimum absolute atomic E-state index is 0.262. The van der Waals surface area contributed by atoms with Crippen molar-refractivity contribution >= 4 is 11.9 Å². The number of amides is 3. The zero-order chi connectivity index (χ0) is 6.85. The Morgan fingerprint density at radius 1 is 1.56 bits per heavy atom. The molecule has 5 nitrogen and oxygen atoms in total. The van der Waals surface area contributed by atoms with E-state index in [0.717, 1.165) is 5.01 Å². The molecule has 0 radical (unpaired) electrons. The molecule has 0 spiro atoms. The van der Waals surface area contributed by atoms with Crippen LogP contribution in [0.3, 0.4) is 0 Å². The molecule has 1 aliphatic heterocycles. The van der Waals surface area contributed by atoms with Crippen LogP contribution in [0.2, 0.25) is 0 Å². The Morgan fingerprint density at radius 3 is 2.67 bits per heavy atom. The minimum atomic E-state index is -0.522. The summed E-state index contributed by atoms with van der Waals surface area (Å²) in [6.07, 6.45) is 0.294. The van der Waals surface area contributed by atoms with Gasteiger partial charge in [-0.2, -0.15) is 0 Å². The molecule has 0 saturated carbocycles. The van der Waals surface area contributed by atoms with E-state index in [2.05, 4.69) is 5.32 Å². The summed E-state index contributed by atoms with van der Waals surface area (Å²) in [4.78, 5) is 20.9. The van der Waals surface area contributed by atoms with Crippen LogP contribution in [0.1, 0.15) is 6.42 Å². The van der Waals surface area contributed by atoms with Crippen molar-refractivity contribution in [3.05, 3.63) is 0 Å². The second-order valence-electron chi connectivity index (χ2n) is 1.80. The highest BCUT2D eigenvalue weighted by Crippen LogP contribution is 1.92. The number of hydrogen-bond donors (Lipinski definition) is 2. The summed E-state index contributed by atoms with van der Waals surface area (Å²) in [5, 5.41) is 3.03. The maximum absolute atomic E-state index is 10.5. The number of hydrogen-bond acceptors (Lipinski definition) is 3. The summed E-state index contributed by atoms with van der Waals surface area (Å²) in [6.45, 7) is 0.310. The largest absolute Gasteiger partial charge is 0.338 e. The Labute approximate surface area is 51.8 Å². The molecule has 0 aliphatic carbocycles. The van der Waals surface area contributed by atoms with Crippen LogP contribution in [0, 0.1) is 0 Å². The summed E-state index contributed by atoms with van der Waals surface area (Å²) in [6, 6.07) is -0.522. The lowest BCUT2D eigenvalue weighted by Gasteiger charge is -2.20. The average Bonchev–Trinajstić information content (AvgIpc) is 1.80. The van der Waals surface area contributed by atoms with Gasteiger partial charge in [0.05, 0.1) is 0 Å². The normalized spacial score (nSPS) is 19.9. The first-order valence-corrected chi connectivity index (χ1v) is 2.56. The molecular weight excluding hydrogens is 122 g/mol. The third kappa shape index (κ3) is 1.17. The van der Waals surface area contributed by atoms with E-state index in [1.54, 1.807) is 0 Å². The van der Waals surface area contributed by atoms with Crippen molar-refractivity contribution in [1.82, 2.24) is 10.3 Å². The molecule has 0 unspecified atom stereocenters. The highest BCUT2D eigenvalue weighted by Gasteiger charge is 2.19. The van der Waals surface area contributed by atoms with Gasteiger partial charge in [-0.05, 0) is 0 Å². The zero-order valence-electron chi connectivity index (χ0n) is 4.76. The van der Waals surface area contributed by atoms with Crippen LogP contribution in [0.25, 0.3) is 0 Å². The number of carbonyl (C=O) groups excluding carboxylic acids is 2. The molecule has 9 heavy (non-hydrogen) atoms. The van der Waals surface area contributed by atoms with E-state index in [0.29, 0.717) is 13.0 Å². The van der Waals surface area contributed by atoms with Crippen LogP contribution in [0.15, 0.2) is 0 Å². The van der Waals surface area contributed by atoms with E-state index in [1.165, 1.54) is 0 Å². The molecular formula is C4H7N3O2. The molecule has 0 aromatic rings. The lowest BCUT2D eigenvalue weighted by atomic mass is 10.3. The Bertz CT molecular complexity index is 156. The first-order valence-electron chi connectivity index (χ1n) is 2.56. The number of carbonyl (C=O) groups is 2. The van der Waals surface area contributed by atoms with Gasteiger partial charge in [0.25, 0.3) is 0 Å². The summed E-state index contributed by atoms with van der Waals surface area (Å²) < 4.78 is 0. The summed E-state index contributed by atoms with van der Waals surface area (Å²) >= 11 is 0. The summed E-state index contributed by atoms with van der Waals surface area (Å²) in [5.41, 5.74) is 0. The Kier molecular flexibility index (Phi) is 1.35. The third-order valence-electron chi connectivity index (χ3n) is 1.09. The molecule has 1 rings (SSSR count). The molecule has 0 aromatic carbocycles. The van der Waals surface area contributed by atoms with Gasteiger partial charge in [-0.1, -0.05) is 0 Å². The van der Waals surface area contributed by atoms with E-state index in [1.807, 2.05) is 0 Å². The molecule has 1 heterocycles. The van der Waals surface area contributed by atoms with Gasteiger partial charge in [0.2, 0.25) is 5.91 Å². The highest BCUT2D eigenvalue weighted by atomic mass is 16.2. The number of rotatable bonds is 0. The Morgan fingerprint density at radius 2 is 2.22 bits per heavy atom. The van der Waals surface area contributed by atoms with E-state index < -0.39 is 6.03 Å². The van der Waals surface area contributed by atoms with Gasteiger partial charge < -0.3 is 0 Å². The number of nitrogens with zero attached hydrogens (tertiary/aromatic N) is 1. The van der Waals surface area contributed by atoms with E-state index >= 15 is 0 Å². The van der Waals surface area contributed by atoms with Gasteiger partial charge in [-0.15, -0.1) is 0 Å². The van der Waals surface area contributed by atoms with Crippen molar-refractivity contribution in [1.29, 1.82) is 0 Å². The molecule has 1 fully saturated rings. The van der Waals surface area contributed by atoms with Crippen LogP contribution >= 0.6 is 0 Å². The first-order chi connectivity index (χ1) is 4.20. The van der Waals surface area contributed by atoms with Crippen LogP contribution in [-0.4, -0.2) is 23.5 Å². The van der Waals surface area contributed by atoms with Gasteiger partial charge in [0.1, 0.15) is 0 Å². The molecule has 0 atom stereocenters. The lowest BCUT2D eigenvalue weighted by Crippen LogP contribution is -2.52. The molecule has 1 saturated heterocycles. The molecule has 50 valence electrons. The fourth-order valence-corrected chi connectivity index (χ4v) is 0.577. The van der Waals surface area contributed by atoms with Gasteiger partial charge in [0.15, 0.2) is 0 Å². The molecule has 0 aromatic heterocycles. The smallest absolute Gasteiger partial charge is 0.277 e. The van der Waals surface area contributed by atoms with Crippen molar-refractivity contribution in [2.75, 3.05) is 6.54 Å². The lowest BCUT2D eigenvalue weighted by molar-refractivity contribution is -0.121. The predicted octanol–water partition coefficient (Wildman–Crippen LogP) is -1.20. The van der Waals surface area contributed by atoms with Crippen molar-refractivity contribution in [2.24, 2.45) is 5.84 Å². The van der Waals surface area contributed by atoms with Crippen molar-refractivity contribution in [3.63, 3.8) is 0 Å². The number of nitrogens with one attached hydrogen (secondary N) is 1. The van der Waals surface area contributed by atoms with Crippen LogP contribution < -0.4 is 11.2 Å². The number of urea groups is 1. The Hall–Kier alpha value is -1.10. The number of nitrogens with two attached hydrogens (primary N) is 1. The fraction of sp³-hybridized carbons (Fsp3) is 0.500. The maximum atomic E-state index is 10.5. The van der Waals surface area contributed by atoms with Crippen molar-refractivity contribution in [2.45, 2.75) is 6.42 Å². The van der Waals surface area contributed by atoms with Gasteiger partial charge in [0, 0.05) is 13.0 Å². The quantitative estimate of drug-likeness (QED) is 0.318. The highest BCUT2D eigenvalue weighted by molar-refractivity contribution is 5.96. The average molecular weight is 129 g/mol. The predicted molar refractivity (Wildman–Crippen MR) is 29.0 cm³/mol. The molecule has 5 heteroatoms. The second kappa shape index (κ2) is 2.02. The first kappa shape index (κ1) is 6.03. The molecule has 1 aliphatic rings. The molecule has 0 bridgehead atoms. The monoisotopic (exact) mass is 129 g/mol. The summed E-state index contributed by atoms with van der Waals surface area (Å²) in [7, 11) is 0. The SMILES string of the molecule is NN1CCC(=O)NC1=O. The van der Waals surface area contributed by atoms with E-state index in [9.17, 15) is 9.59 Å². The van der Waals surface area contributed by atoms with Gasteiger partial charge in [-0.3, -0.25) is 15.1 Å². The third-order valence-corrected chi connectivity index (χ3v) is 1.09. The standard InChI is InChI=1S/C4H7N3O2/c5-7-2-1-3(8)6-4(7)9/h1-2,5H2,(H,6,8,9). The van der Waals surface area contributed by atoms with Crippen molar-refractivity contribution < 1.29 is 9.59 Å². The molecule has 3 N–H and O–H groups in total. The van der Waals surface area contributed by atoms with Crippen LogP contribution in [0.5, 0.6) is 0 Å². The second-order valence-corrected chi connectivity index (χ2v) is 1.80. The van der Waals surface area contributed by atoms with Gasteiger partial charge in [-0.25, -0.2) is 10.6 Å². The zero-order valence-corrected chi connectivity index (χ0v) is 4.76.